The first-order valence-corrected chi connectivity index (χ1v) is 6.93. The maximum absolute atomic E-state index is 9.87. The molecule has 0 unspecified atom stereocenters. The molecule has 0 fully saturated rings. The summed E-state index contributed by atoms with van der Waals surface area (Å²) in [5, 5.41) is 18.3. The summed E-state index contributed by atoms with van der Waals surface area (Å²) < 4.78 is 5.24. The highest BCUT2D eigenvalue weighted by Gasteiger charge is 2.05. The van der Waals surface area contributed by atoms with Crippen LogP contribution in [-0.2, 0) is 6.54 Å². The molecule has 3 aromatic rings. The number of hydrogen-bond donors (Lipinski definition) is 3. The highest BCUT2D eigenvalue weighted by Crippen LogP contribution is 2.29. The van der Waals surface area contributed by atoms with E-state index in [-0.39, 0.29) is 5.75 Å². The summed E-state index contributed by atoms with van der Waals surface area (Å²) in [6.07, 6.45) is 1.63. The number of phenolic OH excluding ortho intramolecular Hbond substituents is 1. The number of phenols is 1. The average molecular weight is 298 g/mol. The average Bonchev–Trinajstić information content (AvgIpc) is 3.00. The fraction of sp³-hybridized carbons (Fsp3) is 0.0625. The lowest BCUT2D eigenvalue weighted by Crippen LogP contribution is -2.27. The molecule has 0 aliphatic heterocycles. The fourth-order valence-electron chi connectivity index (χ4n) is 2.15. The van der Waals surface area contributed by atoms with Gasteiger partial charge in [0.25, 0.3) is 0 Å². The Balaban J connectivity index is 1.75. The highest BCUT2D eigenvalue weighted by atomic mass is 32.1. The molecule has 0 spiro atoms. The van der Waals surface area contributed by atoms with Gasteiger partial charge in [-0.2, -0.15) is 0 Å². The van der Waals surface area contributed by atoms with Gasteiger partial charge in [0.05, 0.1) is 12.8 Å². The minimum Gasteiger partial charge on any atom is -0.507 e. The van der Waals surface area contributed by atoms with Crippen molar-refractivity contribution in [1.82, 2.24) is 5.32 Å². The predicted octanol–water partition coefficient (Wildman–Crippen LogP) is 3.63. The SMILES string of the molecule is Oc1cccc2c(NC(=S)NCc3ccco3)cccc12. The molecule has 0 bridgehead atoms. The molecule has 0 saturated heterocycles. The number of thiocarbonyl (C=S) groups is 1. The van der Waals surface area contributed by atoms with Crippen LogP contribution in [0.15, 0.2) is 59.2 Å². The topological polar surface area (TPSA) is 57.4 Å². The van der Waals surface area contributed by atoms with E-state index < -0.39 is 0 Å². The fourth-order valence-corrected chi connectivity index (χ4v) is 2.33. The van der Waals surface area contributed by atoms with E-state index in [0.717, 1.165) is 22.2 Å². The molecule has 0 saturated carbocycles. The molecule has 0 atom stereocenters. The summed E-state index contributed by atoms with van der Waals surface area (Å²) in [6.45, 7) is 0.523. The standard InChI is InChI=1S/C16H14N2O2S/c19-15-8-2-5-12-13(15)6-1-7-14(12)18-16(21)17-10-11-4-3-9-20-11/h1-9,19H,10H2,(H2,17,18,21). The summed E-state index contributed by atoms with van der Waals surface area (Å²) in [5.74, 6) is 1.07. The van der Waals surface area contributed by atoms with Crippen molar-refractivity contribution >= 4 is 33.8 Å². The molecule has 0 radical (unpaired) electrons. The summed E-state index contributed by atoms with van der Waals surface area (Å²) in [4.78, 5) is 0. The molecule has 4 nitrogen and oxygen atoms in total. The molecule has 0 aliphatic carbocycles. The molecule has 21 heavy (non-hydrogen) atoms. The maximum atomic E-state index is 9.87. The van der Waals surface area contributed by atoms with Crippen LogP contribution < -0.4 is 10.6 Å². The minimum absolute atomic E-state index is 0.255. The number of fused-ring (bicyclic) bond motifs is 1. The van der Waals surface area contributed by atoms with Crippen LogP contribution in [0.25, 0.3) is 10.8 Å². The van der Waals surface area contributed by atoms with Crippen LogP contribution in [0.2, 0.25) is 0 Å². The van der Waals surface area contributed by atoms with Gasteiger partial charge >= 0.3 is 0 Å². The lowest BCUT2D eigenvalue weighted by molar-refractivity contribution is 0.481. The van der Waals surface area contributed by atoms with Crippen LogP contribution in [0.1, 0.15) is 5.76 Å². The van der Waals surface area contributed by atoms with E-state index in [0.29, 0.717) is 11.7 Å². The van der Waals surface area contributed by atoms with Crippen LogP contribution in [0.3, 0.4) is 0 Å². The first-order chi connectivity index (χ1) is 10.2. The molecule has 1 aromatic heterocycles. The first kappa shape index (κ1) is 13.5. The number of rotatable bonds is 3. The third-order valence-electron chi connectivity index (χ3n) is 3.15. The van der Waals surface area contributed by atoms with Gasteiger partial charge < -0.3 is 20.2 Å². The Morgan fingerprint density at radius 3 is 2.67 bits per heavy atom. The molecule has 0 amide bonds. The normalized spacial score (nSPS) is 10.5. The number of aromatic hydroxyl groups is 1. The summed E-state index contributed by atoms with van der Waals surface area (Å²) in [7, 11) is 0. The molecule has 3 N–H and O–H groups in total. The van der Waals surface area contributed by atoms with Crippen molar-refractivity contribution in [2.45, 2.75) is 6.54 Å². The van der Waals surface area contributed by atoms with Gasteiger partial charge in [0, 0.05) is 16.5 Å². The van der Waals surface area contributed by atoms with Gasteiger partial charge in [-0.1, -0.05) is 24.3 Å². The van der Waals surface area contributed by atoms with E-state index in [1.807, 2.05) is 42.5 Å². The zero-order chi connectivity index (χ0) is 14.7. The lowest BCUT2D eigenvalue weighted by atomic mass is 10.1. The molecule has 2 aromatic carbocycles. The maximum Gasteiger partial charge on any atom is 0.171 e. The Morgan fingerprint density at radius 2 is 1.86 bits per heavy atom. The van der Waals surface area contributed by atoms with Gasteiger partial charge in [-0.25, -0.2) is 0 Å². The van der Waals surface area contributed by atoms with E-state index in [4.69, 9.17) is 16.6 Å². The third-order valence-corrected chi connectivity index (χ3v) is 3.40. The van der Waals surface area contributed by atoms with Crippen molar-refractivity contribution in [3.05, 3.63) is 60.6 Å². The number of benzene rings is 2. The quantitative estimate of drug-likeness (QED) is 0.645. The summed E-state index contributed by atoms with van der Waals surface area (Å²) >= 11 is 5.28. The van der Waals surface area contributed by atoms with E-state index in [2.05, 4.69) is 10.6 Å². The minimum atomic E-state index is 0.255. The molecule has 1 heterocycles. The Kier molecular flexibility index (Phi) is 3.75. The van der Waals surface area contributed by atoms with Gasteiger partial charge in [0.15, 0.2) is 5.11 Å². The Bertz CT molecular complexity index is 769. The van der Waals surface area contributed by atoms with E-state index in [1.54, 1.807) is 12.3 Å². The van der Waals surface area contributed by atoms with Crippen LogP contribution in [0.4, 0.5) is 5.69 Å². The van der Waals surface area contributed by atoms with Gasteiger partial charge in [0.2, 0.25) is 0 Å². The van der Waals surface area contributed by atoms with Gasteiger partial charge in [-0.15, -0.1) is 0 Å². The molecule has 3 rings (SSSR count). The monoisotopic (exact) mass is 298 g/mol. The van der Waals surface area contributed by atoms with Crippen molar-refractivity contribution in [2.24, 2.45) is 0 Å². The van der Waals surface area contributed by atoms with Crippen LogP contribution >= 0.6 is 12.2 Å². The third kappa shape index (κ3) is 2.98. The van der Waals surface area contributed by atoms with E-state index in [9.17, 15) is 5.11 Å². The first-order valence-electron chi connectivity index (χ1n) is 6.52. The second-order valence-corrected chi connectivity index (χ2v) is 4.97. The second kappa shape index (κ2) is 5.85. The van der Waals surface area contributed by atoms with Crippen molar-refractivity contribution in [1.29, 1.82) is 0 Å². The van der Waals surface area contributed by atoms with Crippen molar-refractivity contribution in [2.75, 3.05) is 5.32 Å². The zero-order valence-electron chi connectivity index (χ0n) is 11.2. The van der Waals surface area contributed by atoms with Gasteiger partial charge in [-0.3, -0.25) is 0 Å². The van der Waals surface area contributed by atoms with Gasteiger partial charge in [-0.05, 0) is 36.5 Å². The molecule has 0 aliphatic rings. The summed E-state index contributed by atoms with van der Waals surface area (Å²) in [5.41, 5.74) is 0.848. The van der Waals surface area contributed by atoms with Crippen molar-refractivity contribution < 1.29 is 9.52 Å². The molecule has 106 valence electrons. The Hall–Kier alpha value is -2.53. The largest absolute Gasteiger partial charge is 0.507 e. The highest BCUT2D eigenvalue weighted by molar-refractivity contribution is 7.80. The number of anilines is 1. The van der Waals surface area contributed by atoms with Crippen LogP contribution in [0.5, 0.6) is 5.75 Å². The molecular weight excluding hydrogens is 284 g/mol. The smallest absolute Gasteiger partial charge is 0.171 e. The number of furan rings is 1. The second-order valence-electron chi connectivity index (χ2n) is 4.56. The number of nitrogens with one attached hydrogen (secondary N) is 2. The number of hydrogen-bond acceptors (Lipinski definition) is 3. The lowest BCUT2D eigenvalue weighted by Gasteiger charge is -2.12. The van der Waals surface area contributed by atoms with E-state index in [1.165, 1.54) is 0 Å². The molecular formula is C16H14N2O2S. The van der Waals surface area contributed by atoms with Crippen molar-refractivity contribution in [3.8, 4) is 5.75 Å². The Morgan fingerprint density at radius 1 is 1.05 bits per heavy atom. The van der Waals surface area contributed by atoms with E-state index >= 15 is 0 Å². The van der Waals surface area contributed by atoms with Crippen molar-refractivity contribution in [3.63, 3.8) is 0 Å². The van der Waals surface area contributed by atoms with Crippen LogP contribution in [0, 0.1) is 0 Å². The van der Waals surface area contributed by atoms with Gasteiger partial charge in [0.1, 0.15) is 11.5 Å². The van der Waals surface area contributed by atoms with Crippen LogP contribution in [-0.4, -0.2) is 10.2 Å². The predicted molar refractivity (Wildman–Crippen MR) is 87.4 cm³/mol. The molecule has 5 heteroatoms. The summed E-state index contributed by atoms with van der Waals surface area (Å²) in [6, 6.07) is 14.8. The Labute approximate surface area is 127 Å². The zero-order valence-corrected chi connectivity index (χ0v) is 12.0.